The molecule has 9 heteroatoms. The molecular weight excluding hydrogens is 485 g/mol. The van der Waals surface area contributed by atoms with Crippen molar-refractivity contribution in [3.8, 4) is 5.75 Å². The molecule has 2 atom stereocenters. The van der Waals surface area contributed by atoms with Crippen LogP contribution in [0.3, 0.4) is 0 Å². The smallest absolute Gasteiger partial charge is 0.469 e. The molecule has 190 valence electrons. The van der Waals surface area contributed by atoms with Gasteiger partial charge in [0, 0.05) is 40.8 Å². The summed E-state index contributed by atoms with van der Waals surface area (Å²) < 4.78 is 20.8. The van der Waals surface area contributed by atoms with Crippen LogP contribution in [-0.2, 0) is 14.3 Å². The zero-order chi connectivity index (χ0) is 25.5. The topological polar surface area (TPSA) is 72.9 Å². The van der Waals surface area contributed by atoms with E-state index in [-0.39, 0.29) is 12.1 Å². The fraction of sp³-hybridized carbons (Fsp3) is 0.500. The Morgan fingerprint density at radius 1 is 1.03 bits per heavy atom. The number of pyridine rings is 1. The number of rotatable bonds is 13. The SMILES string of the molecule is COOC(CCCCNc1c(OC)ccc2nc3cc(Cl)ccc3cc12)[P+](=O)N(C(C)C)C(C)C. The molecular formula is C26H36ClN3O4P+. The molecule has 0 radical (unpaired) electrons. The fourth-order valence-electron chi connectivity index (χ4n) is 4.37. The quantitative estimate of drug-likeness (QED) is 0.0827. The summed E-state index contributed by atoms with van der Waals surface area (Å²) in [6, 6.07) is 12.0. The van der Waals surface area contributed by atoms with E-state index in [2.05, 4.69) is 11.4 Å². The number of fused-ring (bicyclic) bond motifs is 2. The second-order valence-electron chi connectivity index (χ2n) is 9.05. The molecule has 0 spiro atoms. The molecule has 0 saturated carbocycles. The van der Waals surface area contributed by atoms with Gasteiger partial charge in [-0.2, -0.15) is 4.89 Å². The number of nitrogens with zero attached hydrogens (tertiary/aromatic N) is 2. The van der Waals surface area contributed by atoms with E-state index in [1.54, 1.807) is 7.11 Å². The van der Waals surface area contributed by atoms with Gasteiger partial charge in [0.1, 0.15) is 5.75 Å². The normalized spacial score (nSPS) is 13.3. The minimum atomic E-state index is -1.73. The van der Waals surface area contributed by atoms with Gasteiger partial charge >= 0.3 is 13.8 Å². The minimum absolute atomic E-state index is 0.155. The molecule has 7 nitrogen and oxygen atoms in total. The molecule has 0 aliphatic carbocycles. The van der Waals surface area contributed by atoms with Crippen LogP contribution in [0.1, 0.15) is 47.0 Å². The van der Waals surface area contributed by atoms with E-state index in [4.69, 9.17) is 31.1 Å². The van der Waals surface area contributed by atoms with Crippen molar-refractivity contribution in [1.82, 2.24) is 9.65 Å². The van der Waals surface area contributed by atoms with Gasteiger partial charge in [0.05, 0.1) is 30.9 Å². The summed E-state index contributed by atoms with van der Waals surface area (Å²) in [6.45, 7) is 8.91. The third kappa shape index (κ3) is 6.81. The van der Waals surface area contributed by atoms with Crippen LogP contribution >= 0.6 is 19.6 Å². The molecule has 0 bridgehead atoms. The number of hydrogen-bond acceptors (Lipinski definition) is 6. The third-order valence-electron chi connectivity index (χ3n) is 5.86. The van der Waals surface area contributed by atoms with Gasteiger partial charge in [0.15, 0.2) is 0 Å². The van der Waals surface area contributed by atoms with Crippen molar-refractivity contribution in [2.75, 3.05) is 26.1 Å². The molecule has 0 aliphatic heterocycles. The summed E-state index contributed by atoms with van der Waals surface area (Å²) in [6.07, 6.45) is 2.34. The number of hydrogen-bond donors (Lipinski definition) is 1. The van der Waals surface area contributed by atoms with E-state index in [0.29, 0.717) is 11.4 Å². The monoisotopic (exact) mass is 520 g/mol. The van der Waals surface area contributed by atoms with E-state index >= 15 is 0 Å². The van der Waals surface area contributed by atoms with Crippen LogP contribution in [-0.4, -0.2) is 48.3 Å². The maximum Gasteiger partial charge on any atom is 0.469 e. The van der Waals surface area contributed by atoms with Crippen molar-refractivity contribution in [1.29, 1.82) is 0 Å². The van der Waals surface area contributed by atoms with Crippen LogP contribution in [0.4, 0.5) is 5.69 Å². The molecule has 0 saturated heterocycles. The first-order chi connectivity index (χ1) is 16.8. The maximum atomic E-state index is 13.2. The zero-order valence-electron chi connectivity index (χ0n) is 21.4. The van der Waals surface area contributed by atoms with Gasteiger partial charge in [-0.05, 0) is 75.4 Å². The molecule has 2 aromatic carbocycles. The number of aromatic nitrogens is 1. The number of nitrogens with one attached hydrogen (secondary N) is 1. The lowest BCUT2D eigenvalue weighted by molar-refractivity contribution is -0.286. The van der Waals surface area contributed by atoms with Crippen molar-refractivity contribution in [2.24, 2.45) is 0 Å². The molecule has 3 aromatic rings. The standard InChI is InChI=1S/C26H36ClN3O4P/c1-17(2)30(18(3)4)35(31)25(34-33-6)9-7-8-14-28-26-21-15-19-10-11-20(27)16-23(19)29-22(21)12-13-24(26)32-5/h10-13,15-18,25,28H,7-9,14H2,1-6H3/q+1. The Bertz CT molecular complexity index is 1150. The van der Waals surface area contributed by atoms with Crippen LogP contribution in [0.25, 0.3) is 21.8 Å². The highest BCUT2D eigenvalue weighted by atomic mass is 35.5. The molecule has 0 amide bonds. The number of halogens is 1. The average molecular weight is 521 g/mol. The van der Waals surface area contributed by atoms with Crippen molar-refractivity contribution in [3.05, 3.63) is 41.4 Å². The first-order valence-corrected chi connectivity index (χ1v) is 13.7. The predicted octanol–water partition coefficient (Wildman–Crippen LogP) is 7.40. The Labute approximate surface area is 213 Å². The van der Waals surface area contributed by atoms with Crippen LogP contribution in [0.5, 0.6) is 5.75 Å². The molecule has 2 unspecified atom stereocenters. The first-order valence-electron chi connectivity index (χ1n) is 12.0. The summed E-state index contributed by atoms with van der Waals surface area (Å²) in [5.74, 6) is 0.287. The van der Waals surface area contributed by atoms with Crippen LogP contribution in [0.15, 0.2) is 36.4 Å². The average Bonchev–Trinajstić information content (AvgIpc) is 2.81. The predicted molar refractivity (Wildman–Crippen MR) is 145 cm³/mol. The van der Waals surface area contributed by atoms with Gasteiger partial charge < -0.3 is 10.1 Å². The Hall–Kier alpha value is -2.02. The zero-order valence-corrected chi connectivity index (χ0v) is 23.0. The Morgan fingerprint density at radius 3 is 2.43 bits per heavy atom. The molecule has 35 heavy (non-hydrogen) atoms. The molecule has 3 rings (SSSR count). The summed E-state index contributed by atoms with van der Waals surface area (Å²) in [7, 11) is 1.40. The van der Waals surface area contributed by atoms with E-state index in [0.717, 1.165) is 52.6 Å². The number of ether oxygens (including phenoxy) is 1. The molecule has 1 N–H and O–H groups in total. The van der Waals surface area contributed by atoms with Gasteiger partial charge in [0.2, 0.25) is 0 Å². The summed E-state index contributed by atoms with van der Waals surface area (Å²) in [4.78, 5) is 15.1. The highest BCUT2D eigenvalue weighted by molar-refractivity contribution is 7.42. The third-order valence-corrected chi connectivity index (χ3v) is 8.31. The number of benzene rings is 2. The van der Waals surface area contributed by atoms with Crippen molar-refractivity contribution in [3.63, 3.8) is 0 Å². The second kappa shape index (κ2) is 12.8. The van der Waals surface area contributed by atoms with Crippen LogP contribution < -0.4 is 10.1 Å². The molecule has 1 aromatic heterocycles. The van der Waals surface area contributed by atoms with Crippen molar-refractivity contribution >= 4 is 47.0 Å². The highest BCUT2D eigenvalue weighted by Crippen LogP contribution is 2.40. The first kappa shape index (κ1) is 27.6. The van der Waals surface area contributed by atoms with Crippen molar-refractivity contribution < 1.29 is 19.1 Å². The Balaban J connectivity index is 1.69. The Kier molecular flexibility index (Phi) is 10.1. The lowest BCUT2D eigenvalue weighted by Crippen LogP contribution is -2.33. The number of unbranched alkanes of at least 4 members (excludes halogenated alkanes) is 1. The van der Waals surface area contributed by atoms with Crippen LogP contribution in [0, 0.1) is 0 Å². The van der Waals surface area contributed by atoms with Gasteiger partial charge in [-0.1, -0.05) is 22.3 Å². The summed E-state index contributed by atoms with van der Waals surface area (Å²) >= 11 is 6.15. The van der Waals surface area contributed by atoms with E-state index in [9.17, 15) is 4.57 Å². The summed E-state index contributed by atoms with van der Waals surface area (Å²) in [5.41, 5.74) is 2.64. The van der Waals surface area contributed by atoms with E-state index in [1.807, 2.05) is 62.7 Å². The lowest BCUT2D eigenvalue weighted by atomic mass is 10.1. The van der Waals surface area contributed by atoms with Crippen LogP contribution in [0.2, 0.25) is 5.02 Å². The van der Waals surface area contributed by atoms with E-state index < -0.39 is 13.8 Å². The minimum Gasteiger partial charge on any atom is -0.495 e. The van der Waals surface area contributed by atoms with E-state index in [1.165, 1.54) is 7.11 Å². The van der Waals surface area contributed by atoms with Gasteiger partial charge in [-0.3, -0.25) is 0 Å². The van der Waals surface area contributed by atoms with Gasteiger partial charge in [0.25, 0.3) is 0 Å². The Morgan fingerprint density at radius 2 is 1.77 bits per heavy atom. The van der Waals surface area contributed by atoms with Crippen molar-refractivity contribution in [2.45, 2.75) is 64.9 Å². The number of methoxy groups -OCH3 is 1. The largest absolute Gasteiger partial charge is 0.495 e. The van der Waals surface area contributed by atoms with Gasteiger partial charge in [-0.15, -0.1) is 0 Å². The van der Waals surface area contributed by atoms with Gasteiger partial charge in [-0.25, -0.2) is 9.87 Å². The molecule has 0 fully saturated rings. The molecule has 0 aliphatic rings. The highest BCUT2D eigenvalue weighted by Gasteiger charge is 2.42. The number of anilines is 1. The lowest BCUT2D eigenvalue weighted by Gasteiger charge is -2.21. The maximum absolute atomic E-state index is 13.2. The second-order valence-corrected chi connectivity index (χ2v) is 11.1. The summed E-state index contributed by atoms with van der Waals surface area (Å²) in [5, 5.41) is 6.20. The molecule has 1 heterocycles. The fourth-order valence-corrected chi connectivity index (χ4v) is 6.31.